The Morgan fingerprint density at radius 1 is 0.262 bits per heavy atom. The lowest BCUT2D eigenvalue weighted by molar-refractivity contribution is -0.161. The van der Waals surface area contributed by atoms with E-state index in [1.54, 1.807) is 0 Å². The van der Waals surface area contributed by atoms with Gasteiger partial charge in [0.25, 0.3) is 0 Å². The first-order chi connectivity index (χ1) is 51.7. The number of hydrogen-bond donors (Lipinski definition) is 3. The maximum atomic E-state index is 13.2. The number of aliphatic hydroxyl groups excluding tert-OH is 1. The molecule has 0 saturated carbocycles. The Hall–Kier alpha value is -1.94. The second-order valence-corrected chi connectivity index (χ2v) is 36.0. The highest BCUT2D eigenvalue weighted by atomic mass is 31.2. The molecule has 7 atom stereocenters. The van der Waals surface area contributed by atoms with Crippen LogP contribution in [-0.4, -0.2) is 96.7 Å². The van der Waals surface area contributed by atoms with E-state index < -0.39 is 97.5 Å². The van der Waals surface area contributed by atoms with Crippen molar-refractivity contribution < 1.29 is 80.2 Å². The van der Waals surface area contributed by atoms with Crippen molar-refractivity contribution in [3.63, 3.8) is 0 Å². The summed E-state index contributed by atoms with van der Waals surface area (Å²) in [4.78, 5) is 73.2. The van der Waals surface area contributed by atoms with E-state index >= 15 is 0 Å². The molecule has 0 bridgehead atoms. The van der Waals surface area contributed by atoms with E-state index in [2.05, 4.69) is 55.4 Å². The van der Waals surface area contributed by atoms with Crippen molar-refractivity contribution in [1.29, 1.82) is 0 Å². The molecule has 3 N–H and O–H groups in total. The average molecular weight is 1560 g/mol. The molecule has 0 fully saturated rings. The lowest BCUT2D eigenvalue weighted by atomic mass is 9.99. The van der Waals surface area contributed by atoms with E-state index in [0.29, 0.717) is 31.6 Å². The highest BCUT2D eigenvalue weighted by molar-refractivity contribution is 7.47. The molecular weight excluding hydrogens is 1390 g/mol. The molecular formula is C88H172O17P2. The van der Waals surface area contributed by atoms with Gasteiger partial charge in [-0.05, 0) is 49.4 Å². The van der Waals surface area contributed by atoms with Gasteiger partial charge in [0.2, 0.25) is 0 Å². The van der Waals surface area contributed by atoms with Crippen molar-refractivity contribution in [3.05, 3.63) is 0 Å². The number of phosphoric acid groups is 2. The molecule has 19 heteroatoms. The van der Waals surface area contributed by atoms with Crippen LogP contribution in [0.1, 0.15) is 460 Å². The van der Waals surface area contributed by atoms with Crippen molar-refractivity contribution in [2.24, 2.45) is 23.7 Å². The zero-order chi connectivity index (χ0) is 78.8. The molecule has 0 aliphatic heterocycles. The number of ether oxygens (including phenoxy) is 4. The third-order valence-electron chi connectivity index (χ3n) is 21.3. The number of esters is 4. The number of rotatable bonds is 85. The molecule has 0 aromatic carbocycles. The molecule has 0 rings (SSSR count). The Balaban J connectivity index is 5.21. The van der Waals surface area contributed by atoms with Crippen LogP contribution < -0.4 is 0 Å². The zero-order valence-electron chi connectivity index (χ0n) is 70.8. The summed E-state index contributed by atoms with van der Waals surface area (Å²) in [5.41, 5.74) is 0. The summed E-state index contributed by atoms with van der Waals surface area (Å²) < 4.78 is 68.9. The minimum atomic E-state index is -4.97. The predicted octanol–water partition coefficient (Wildman–Crippen LogP) is 26.7. The summed E-state index contributed by atoms with van der Waals surface area (Å²) in [7, 11) is -9.93. The van der Waals surface area contributed by atoms with Crippen molar-refractivity contribution >= 4 is 39.5 Å². The summed E-state index contributed by atoms with van der Waals surface area (Å²) in [6.07, 6.45) is 66.8. The van der Waals surface area contributed by atoms with Gasteiger partial charge in [0.05, 0.1) is 26.4 Å². The smallest absolute Gasteiger partial charge is 0.462 e. The second kappa shape index (κ2) is 76.7. The second-order valence-electron chi connectivity index (χ2n) is 33.1. The van der Waals surface area contributed by atoms with Gasteiger partial charge in [-0.3, -0.25) is 37.3 Å². The van der Waals surface area contributed by atoms with E-state index in [0.717, 1.165) is 114 Å². The van der Waals surface area contributed by atoms with Gasteiger partial charge >= 0.3 is 39.5 Å². The monoisotopic (exact) mass is 1560 g/mol. The summed E-state index contributed by atoms with van der Waals surface area (Å²) >= 11 is 0. The van der Waals surface area contributed by atoms with Crippen LogP contribution in [0.4, 0.5) is 0 Å². The topological polar surface area (TPSA) is 237 Å². The molecule has 0 heterocycles. The van der Waals surface area contributed by atoms with Crippen LogP contribution >= 0.6 is 15.6 Å². The number of phosphoric ester groups is 2. The van der Waals surface area contributed by atoms with Crippen LogP contribution in [-0.2, 0) is 65.4 Å². The van der Waals surface area contributed by atoms with Crippen LogP contribution in [0.25, 0.3) is 0 Å². The van der Waals surface area contributed by atoms with Crippen LogP contribution in [0, 0.1) is 23.7 Å². The highest BCUT2D eigenvalue weighted by Crippen LogP contribution is 2.45. The van der Waals surface area contributed by atoms with Crippen LogP contribution in [0.2, 0.25) is 0 Å². The first-order valence-corrected chi connectivity index (χ1v) is 48.3. The molecule has 0 saturated heterocycles. The first-order valence-electron chi connectivity index (χ1n) is 45.3. The third kappa shape index (κ3) is 79.1. The third-order valence-corrected chi connectivity index (χ3v) is 23.2. The molecule has 0 aliphatic carbocycles. The minimum absolute atomic E-state index is 0.106. The Kier molecular flexibility index (Phi) is 75.3. The fraction of sp³-hybridized carbons (Fsp3) is 0.955. The summed E-state index contributed by atoms with van der Waals surface area (Å²) in [6, 6.07) is 0. The van der Waals surface area contributed by atoms with Gasteiger partial charge in [0.15, 0.2) is 12.2 Å². The van der Waals surface area contributed by atoms with Crippen molar-refractivity contribution in [2.75, 3.05) is 39.6 Å². The van der Waals surface area contributed by atoms with Crippen molar-refractivity contribution in [3.8, 4) is 0 Å². The SMILES string of the molecule is CCC(C)CCCCCCCCCCCCCCCCCCCCC(=O)O[C@H](COC(=O)CCCCCCCCCCCCCCCCCC(C)C)COP(=O)(O)OC[C@@H](O)COP(=O)(O)OC[C@@H](COC(=O)CCCCCCCCC(C)C)OC(=O)CCCCCCCCCCCCCCCCC(C)CC. The van der Waals surface area contributed by atoms with Crippen LogP contribution in [0.3, 0.4) is 0 Å². The Labute approximate surface area is 658 Å². The predicted molar refractivity (Wildman–Crippen MR) is 441 cm³/mol. The average Bonchev–Trinajstić information content (AvgIpc) is 0.903. The number of carbonyl (C=O) groups is 4. The summed E-state index contributed by atoms with van der Waals surface area (Å²) in [6.45, 7) is 14.4. The highest BCUT2D eigenvalue weighted by Gasteiger charge is 2.31. The maximum Gasteiger partial charge on any atom is 0.472 e. The lowest BCUT2D eigenvalue weighted by Gasteiger charge is -2.21. The molecule has 4 unspecified atom stereocenters. The standard InChI is InChI=1S/C88H172O17P2/c1-9-80(7)66-58-50-41-35-29-23-17-13-11-12-14-18-26-32-38-44-54-62-70-87(92)104-83(74-98-85(90)68-60-52-43-37-31-25-19-15-16-22-28-34-40-48-56-64-78(3)4)76-102-106(94,95)100-72-82(89)73-101-107(96,97)103-77-84(75-99-86(91)69-61-53-47-46-49-57-65-79(5)6)105-88(93)71-63-55-45-39-33-27-21-20-24-30-36-42-51-59-67-81(8)10-2/h78-84,89H,9-77H2,1-8H3,(H,94,95)(H,96,97)/t80?,81?,82-,83-,84-/m1/s1. The molecule has 17 nitrogen and oxygen atoms in total. The fourth-order valence-corrected chi connectivity index (χ4v) is 15.2. The molecule has 107 heavy (non-hydrogen) atoms. The summed E-state index contributed by atoms with van der Waals surface area (Å²) in [5, 5.41) is 10.7. The molecule has 0 radical (unpaired) electrons. The fourth-order valence-electron chi connectivity index (χ4n) is 13.6. The van der Waals surface area contributed by atoms with Gasteiger partial charge in [-0.2, -0.15) is 0 Å². The Morgan fingerprint density at radius 2 is 0.449 bits per heavy atom. The van der Waals surface area contributed by atoms with Gasteiger partial charge in [0, 0.05) is 25.7 Å². The van der Waals surface area contributed by atoms with Crippen LogP contribution in [0.15, 0.2) is 0 Å². The van der Waals surface area contributed by atoms with Gasteiger partial charge in [-0.15, -0.1) is 0 Å². The molecule has 636 valence electrons. The van der Waals surface area contributed by atoms with Gasteiger partial charge in [0.1, 0.15) is 19.3 Å². The van der Waals surface area contributed by atoms with E-state index in [9.17, 15) is 43.2 Å². The van der Waals surface area contributed by atoms with Gasteiger partial charge in [-0.1, -0.05) is 409 Å². The van der Waals surface area contributed by atoms with Gasteiger partial charge < -0.3 is 33.8 Å². The first kappa shape index (κ1) is 105. The van der Waals surface area contributed by atoms with E-state index in [1.165, 1.54) is 257 Å². The lowest BCUT2D eigenvalue weighted by Crippen LogP contribution is -2.30. The largest absolute Gasteiger partial charge is 0.472 e. The zero-order valence-corrected chi connectivity index (χ0v) is 72.6. The Morgan fingerprint density at radius 3 is 0.664 bits per heavy atom. The normalized spacial score (nSPS) is 14.4. The molecule has 0 amide bonds. The summed E-state index contributed by atoms with van der Waals surface area (Å²) in [5.74, 6) is 1.10. The number of carbonyl (C=O) groups excluding carboxylic acids is 4. The number of hydrogen-bond acceptors (Lipinski definition) is 15. The minimum Gasteiger partial charge on any atom is -0.462 e. The van der Waals surface area contributed by atoms with Crippen molar-refractivity contribution in [1.82, 2.24) is 0 Å². The van der Waals surface area contributed by atoms with Crippen molar-refractivity contribution in [2.45, 2.75) is 478 Å². The quantitative estimate of drug-likeness (QED) is 0.0222. The van der Waals surface area contributed by atoms with Gasteiger partial charge in [-0.25, -0.2) is 9.13 Å². The van der Waals surface area contributed by atoms with E-state index in [1.807, 2.05) is 0 Å². The van der Waals surface area contributed by atoms with E-state index in [-0.39, 0.29) is 25.7 Å². The molecule has 0 aromatic rings. The maximum absolute atomic E-state index is 13.2. The molecule has 0 spiro atoms. The van der Waals surface area contributed by atoms with Crippen LogP contribution in [0.5, 0.6) is 0 Å². The molecule has 0 aromatic heterocycles. The number of unbranched alkanes of at least 4 members (excludes halogenated alkanes) is 49. The number of aliphatic hydroxyl groups is 1. The molecule has 0 aliphatic rings. The Bertz CT molecular complexity index is 2080. The van der Waals surface area contributed by atoms with E-state index in [4.69, 9.17) is 37.0 Å².